The zero-order valence-corrected chi connectivity index (χ0v) is 12.4. The molecule has 2 heterocycles. The van der Waals surface area contributed by atoms with Crippen molar-refractivity contribution >= 4 is 33.8 Å². The summed E-state index contributed by atoms with van der Waals surface area (Å²) in [4.78, 5) is 29.4. The van der Waals surface area contributed by atoms with Gasteiger partial charge in [-0.2, -0.15) is 0 Å². The SMILES string of the molecule is O=Cc1cc2c([nH]c3ccccc32)c(-c2ccc([N+](=O)[O-])cc2)n1. The molecule has 6 heteroatoms. The topological polar surface area (TPSA) is 88.9 Å². The fraction of sp³-hybridized carbons (Fsp3) is 0. The number of rotatable bonds is 3. The molecule has 0 unspecified atom stereocenters. The fourth-order valence-electron chi connectivity index (χ4n) is 2.88. The van der Waals surface area contributed by atoms with Crippen LogP contribution in [-0.2, 0) is 0 Å². The Bertz CT molecular complexity index is 1100. The minimum Gasteiger partial charge on any atom is -0.353 e. The van der Waals surface area contributed by atoms with Gasteiger partial charge >= 0.3 is 0 Å². The molecule has 116 valence electrons. The maximum Gasteiger partial charge on any atom is 0.269 e. The largest absolute Gasteiger partial charge is 0.353 e. The summed E-state index contributed by atoms with van der Waals surface area (Å²) in [5.74, 6) is 0. The smallest absolute Gasteiger partial charge is 0.269 e. The summed E-state index contributed by atoms with van der Waals surface area (Å²) < 4.78 is 0. The molecule has 0 amide bonds. The molecule has 0 aliphatic rings. The van der Waals surface area contributed by atoms with E-state index in [1.54, 1.807) is 18.2 Å². The number of aromatic amines is 1. The summed E-state index contributed by atoms with van der Waals surface area (Å²) in [5.41, 5.74) is 3.39. The van der Waals surface area contributed by atoms with Gasteiger partial charge in [-0.15, -0.1) is 0 Å². The van der Waals surface area contributed by atoms with Gasteiger partial charge in [0.15, 0.2) is 6.29 Å². The Hall–Kier alpha value is -3.54. The monoisotopic (exact) mass is 317 g/mol. The normalized spacial score (nSPS) is 11.0. The second-order valence-electron chi connectivity index (χ2n) is 5.41. The number of carbonyl (C=O) groups excluding carboxylic acids is 1. The molecule has 2 aromatic carbocycles. The van der Waals surface area contributed by atoms with Gasteiger partial charge in [0.25, 0.3) is 5.69 Å². The van der Waals surface area contributed by atoms with E-state index in [1.807, 2.05) is 24.3 Å². The number of non-ortho nitro benzene ring substituents is 1. The van der Waals surface area contributed by atoms with Crippen molar-refractivity contribution in [3.63, 3.8) is 0 Å². The number of aromatic nitrogens is 2. The number of nitrogens with zero attached hydrogens (tertiary/aromatic N) is 2. The maximum absolute atomic E-state index is 11.3. The summed E-state index contributed by atoms with van der Waals surface area (Å²) in [6.07, 6.45) is 0.704. The third-order valence-electron chi connectivity index (χ3n) is 3.99. The van der Waals surface area contributed by atoms with Crippen molar-refractivity contribution in [1.82, 2.24) is 9.97 Å². The lowest BCUT2D eigenvalue weighted by Crippen LogP contribution is -1.93. The van der Waals surface area contributed by atoms with Crippen LogP contribution in [0.2, 0.25) is 0 Å². The molecule has 0 saturated heterocycles. The molecule has 0 atom stereocenters. The number of nitrogens with one attached hydrogen (secondary N) is 1. The van der Waals surface area contributed by atoms with E-state index in [9.17, 15) is 14.9 Å². The molecular weight excluding hydrogens is 306 g/mol. The Morgan fingerprint density at radius 2 is 1.79 bits per heavy atom. The number of pyridine rings is 1. The van der Waals surface area contributed by atoms with Crippen LogP contribution in [0.5, 0.6) is 0 Å². The maximum atomic E-state index is 11.3. The van der Waals surface area contributed by atoms with E-state index in [2.05, 4.69) is 9.97 Å². The molecule has 0 bridgehead atoms. The molecule has 0 saturated carbocycles. The van der Waals surface area contributed by atoms with Gasteiger partial charge in [0.05, 0.1) is 16.1 Å². The highest BCUT2D eigenvalue weighted by molar-refractivity contribution is 6.12. The number of carbonyl (C=O) groups is 1. The summed E-state index contributed by atoms with van der Waals surface area (Å²) in [6.45, 7) is 0. The lowest BCUT2D eigenvalue weighted by molar-refractivity contribution is -0.384. The molecule has 24 heavy (non-hydrogen) atoms. The Morgan fingerprint density at radius 3 is 2.50 bits per heavy atom. The van der Waals surface area contributed by atoms with Crippen LogP contribution in [0, 0.1) is 10.1 Å². The number of hydrogen-bond acceptors (Lipinski definition) is 4. The van der Waals surface area contributed by atoms with Gasteiger partial charge in [-0.3, -0.25) is 14.9 Å². The average molecular weight is 317 g/mol. The van der Waals surface area contributed by atoms with Crippen LogP contribution >= 0.6 is 0 Å². The third-order valence-corrected chi connectivity index (χ3v) is 3.99. The average Bonchev–Trinajstić information content (AvgIpc) is 2.99. The molecule has 0 aliphatic heterocycles. The molecule has 0 spiro atoms. The van der Waals surface area contributed by atoms with Crippen LogP contribution in [0.1, 0.15) is 10.5 Å². The summed E-state index contributed by atoms with van der Waals surface area (Å²) in [7, 11) is 0. The van der Waals surface area contributed by atoms with E-state index < -0.39 is 4.92 Å². The van der Waals surface area contributed by atoms with Crippen LogP contribution < -0.4 is 0 Å². The van der Waals surface area contributed by atoms with Crippen LogP contribution in [0.25, 0.3) is 33.1 Å². The Kier molecular flexibility index (Phi) is 3.09. The molecule has 0 radical (unpaired) electrons. The van der Waals surface area contributed by atoms with Crippen molar-refractivity contribution in [3.8, 4) is 11.3 Å². The van der Waals surface area contributed by atoms with E-state index in [0.29, 0.717) is 23.2 Å². The molecule has 0 fully saturated rings. The first-order valence-corrected chi connectivity index (χ1v) is 7.29. The zero-order valence-electron chi connectivity index (χ0n) is 12.4. The lowest BCUT2D eigenvalue weighted by Gasteiger charge is -2.04. The lowest BCUT2D eigenvalue weighted by atomic mass is 10.1. The Labute approximate surface area is 135 Å². The van der Waals surface area contributed by atoms with Crippen molar-refractivity contribution < 1.29 is 9.72 Å². The highest BCUT2D eigenvalue weighted by Crippen LogP contribution is 2.32. The number of fused-ring (bicyclic) bond motifs is 3. The summed E-state index contributed by atoms with van der Waals surface area (Å²) >= 11 is 0. The van der Waals surface area contributed by atoms with E-state index in [1.165, 1.54) is 12.1 Å². The van der Waals surface area contributed by atoms with E-state index >= 15 is 0 Å². The molecular formula is C18H11N3O3. The molecule has 6 nitrogen and oxygen atoms in total. The Morgan fingerprint density at radius 1 is 1.04 bits per heavy atom. The van der Waals surface area contributed by atoms with Crippen molar-refractivity contribution in [1.29, 1.82) is 0 Å². The molecule has 4 rings (SSSR count). The van der Waals surface area contributed by atoms with E-state index in [0.717, 1.165) is 21.8 Å². The number of hydrogen-bond donors (Lipinski definition) is 1. The van der Waals surface area contributed by atoms with Crippen LogP contribution in [0.4, 0.5) is 5.69 Å². The minimum atomic E-state index is -0.447. The van der Waals surface area contributed by atoms with Gasteiger partial charge in [0.1, 0.15) is 5.69 Å². The summed E-state index contributed by atoms with van der Waals surface area (Å²) in [6, 6.07) is 15.7. The van der Waals surface area contributed by atoms with Crippen molar-refractivity contribution in [3.05, 3.63) is 70.4 Å². The first-order valence-electron chi connectivity index (χ1n) is 7.29. The van der Waals surface area contributed by atoms with E-state index in [-0.39, 0.29) is 5.69 Å². The quantitative estimate of drug-likeness (QED) is 0.350. The number of aldehydes is 1. The number of benzene rings is 2. The second kappa shape index (κ2) is 5.27. The molecule has 1 N–H and O–H groups in total. The van der Waals surface area contributed by atoms with Crippen LogP contribution in [0.3, 0.4) is 0 Å². The Balaban J connectivity index is 2.03. The highest BCUT2D eigenvalue weighted by atomic mass is 16.6. The number of para-hydroxylation sites is 1. The summed E-state index contributed by atoms with van der Waals surface area (Å²) in [5, 5.41) is 12.7. The van der Waals surface area contributed by atoms with Gasteiger partial charge in [-0.05, 0) is 24.3 Å². The first-order chi connectivity index (χ1) is 11.7. The van der Waals surface area contributed by atoms with Crippen LogP contribution in [0.15, 0.2) is 54.6 Å². The third kappa shape index (κ3) is 2.13. The molecule has 0 aliphatic carbocycles. The predicted octanol–water partition coefficient (Wildman–Crippen LogP) is 4.10. The van der Waals surface area contributed by atoms with Crippen LogP contribution in [-0.4, -0.2) is 21.2 Å². The second-order valence-corrected chi connectivity index (χ2v) is 5.41. The first kappa shape index (κ1) is 14.1. The van der Waals surface area contributed by atoms with Gasteiger partial charge in [0.2, 0.25) is 0 Å². The van der Waals surface area contributed by atoms with Crippen molar-refractivity contribution in [2.24, 2.45) is 0 Å². The van der Waals surface area contributed by atoms with Gasteiger partial charge in [-0.25, -0.2) is 4.98 Å². The number of nitro benzene ring substituents is 1. The number of H-pyrrole nitrogens is 1. The minimum absolute atomic E-state index is 0.0122. The number of nitro groups is 1. The van der Waals surface area contributed by atoms with Crippen molar-refractivity contribution in [2.45, 2.75) is 0 Å². The fourth-order valence-corrected chi connectivity index (χ4v) is 2.88. The molecule has 2 aromatic heterocycles. The van der Waals surface area contributed by atoms with E-state index in [4.69, 9.17) is 0 Å². The van der Waals surface area contributed by atoms with Gasteiger partial charge in [0, 0.05) is 34.0 Å². The molecule has 4 aromatic rings. The predicted molar refractivity (Wildman–Crippen MR) is 91.1 cm³/mol. The van der Waals surface area contributed by atoms with Gasteiger partial charge < -0.3 is 4.98 Å². The van der Waals surface area contributed by atoms with Crippen molar-refractivity contribution in [2.75, 3.05) is 0 Å². The van der Waals surface area contributed by atoms with Gasteiger partial charge in [-0.1, -0.05) is 18.2 Å². The zero-order chi connectivity index (χ0) is 16.7. The standard InChI is InChI=1S/C18H11N3O3/c22-10-12-9-15-14-3-1-2-4-16(14)20-18(15)17(19-12)11-5-7-13(8-6-11)21(23)24/h1-10,20H. The highest BCUT2D eigenvalue weighted by Gasteiger charge is 2.14.